The summed E-state index contributed by atoms with van der Waals surface area (Å²) in [4.78, 5) is 15.4. The van der Waals surface area contributed by atoms with Gasteiger partial charge in [0, 0.05) is 9.13 Å². The maximum Gasteiger partial charge on any atom is 0.259 e. The summed E-state index contributed by atoms with van der Waals surface area (Å²) in [6.07, 6.45) is 0. The second-order valence-corrected chi connectivity index (χ2v) is 7.87. The van der Waals surface area contributed by atoms with Crippen LogP contribution in [0.3, 0.4) is 0 Å². The van der Waals surface area contributed by atoms with Crippen molar-refractivity contribution in [2.45, 2.75) is 6.54 Å². The minimum atomic E-state index is 0.0473. The normalized spacial score (nSPS) is 12.6. The fourth-order valence-electron chi connectivity index (χ4n) is 3.89. The van der Waals surface area contributed by atoms with Gasteiger partial charge in [0.1, 0.15) is 0 Å². The monoisotopic (exact) mass is 461 g/mol. The number of halogens is 1. The lowest BCUT2D eigenvalue weighted by Gasteiger charge is -2.32. The van der Waals surface area contributed by atoms with Crippen molar-refractivity contribution < 1.29 is 4.79 Å². The van der Waals surface area contributed by atoms with Gasteiger partial charge in [0.2, 0.25) is 0 Å². The lowest BCUT2D eigenvalue weighted by Crippen LogP contribution is -2.33. The largest absolute Gasteiger partial charge is 0.303 e. The molecule has 0 radical (unpaired) electrons. The minimum absolute atomic E-state index is 0.0473. The van der Waals surface area contributed by atoms with Gasteiger partial charge in [-0.05, 0) is 62.7 Å². The molecule has 130 valence electrons. The molecule has 1 aliphatic rings. The average molecular weight is 461 g/mol. The molecule has 0 unspecified atom stereocenters. The first-order valence-electron chi connectivity index (χ1n) is 8.90. The van der Waals surface area contributed by atoms with Crippen LogP contribution >= 0.6 is 22.6 Å². The Bertz CT molecular complexity index is 1200. The van der Waals surface area contributed by atoms with Gasteiger partial charge in [0.25, 0.3) is 5.91 Å². The number of carbonyl (C=O) groups is 1. The fraction of sp³-hybridized carbons (Fsp3) is 0.0417. The maximum atomic E-state index is 13.5. The van der Waals surface area contributed by atoms with E-state index >= 15 is 0 Å². The number of nitrogens with zero attached hydrogens (tertiary/aromatic N) is 1. The topological polar surface area (TPSA) is 20.3 Å². The Hall–Kier alpha value is -2.66. The van der Waals surface area contributed by atoms with Gasteiger partial charge >= 0.3 is 0 Å². The van der Waals surface area contributed by atoms with Crippen molar-refractivity contribution in [2.24, 2.45) is 0 Å². The third-order valence-electron chi connectivity index (χ3n) is 5.16. The highest BCUT2D eigenvalue weighted by molar-refractivity contribution is 14.1. The molecule has 27 heavy (non-hydrogen) atoms. The summed E-state index contributed by atoms with van der Waals surface area (Å²) >= 11 is 2.24. The predicted molar refractivity (Wildman–Crippen MR) is 119 cm³/mol. The Morgan fingerprint density at radius 2 is 1.56 bits per heavy atom. The van der Waals surface area contributed by atoms with Crippen LogP contribution in [0.2, 0.25) is 0 Å². The highest BCUT2D eigenvalue weighted by Crippen LogP contribution is 2.44. The Labute approximate surface area is 171 Å². The standard InChI is InChI=1S/C24H16INO/c25-21-12-6-5-11-20(21)24(27)26-15-17-8-2-4-10-19(17)23-18-9-3-1-7-16(18)13-14-22(23)26/h1-14H,15H2. The van der Waals surface area contributed by atoms with E-state index in [2.05, 4.69) is 77.2 Å². The van der Waals surface area contributed by atoms with Gasteiger partial charge in [-0.15, -0.1) is 0 Å². The van der Waals surface area contributed by atoms with Crippen LogP contribution < -0.4 is 4.90 Å². The van der Waals surface area contributed by atoms with E-state index in [4.69, 9.17) is 0 Å². The van der Waals surface area contributed by atoms with Crippen LogP contribution in [0, 0.1) is 3.57 Å². The quantitative estimate of drug-likeness (QED) is 0.306. The number of rotatable bonds is 1. The average Bonchev–Trinajstić information content (AvgIpc) is 2.72. The second kappa shape index (κ2) is 6.50. The number of benzene rings is 4. The molecule has 3 heteroatoms. The van der Waals surface area contributed by atoms with E-state index in [1.165, 1.54) is 21.9 Å². The summed E-state index contributed by atoms with van der Waals surface area (Å²) in [6.45, 7) is 0.589. The Kier molecular flexibility index (Phi) is 3.97. The molecule has 0 aromatic heterocycles. The summed E-state index contributed by atoms with van der Waals surface area (Å²) in [5, 5.41) is 2.37. The molecule has 0 N–H and O–H groups in total. The molecule has 1 aliphatic heterocycles. The van der Waals surface area contributed by atoms with Crippen LogP contribution in [-0.2, 0) is 6.54 Å². The zero-order valence-electron chi connectivity index (χ0n) is 14.5. The molecule has 4 aromatic carbocycles. The molecule has 2 nitrogen and oxygen atoms in total. The molecule has 0 aliphatic carbocycles. The van der Waals surface area contributed by atoms with Crippen LogP contribution in [0.15, 0.2) is 84.9 Å². The summed E-state index contributed by atoms with van der Waals surface area (Å²) in [6, 6.07) is 28.8. The van der Waals surface area contributed by atoms with Crippen LogP contribution in [0.25, 0.3) is 21.9 Å². The first kappa shape index (κ1) is 16.5. The molecule has 0 atom stereocenters. The van der Waals surface area contributed by atoms with E-state index in [0.717, 1.165) is 20.4 Å². The number of anilines is 1. The molecular formula is C24H16INO. The summed E-state index contributed by atoms with van der Waals surface area (Å²) in [7, 11) is 0. The maximum absolute atomic E-state index is 13.5. The molecular weight excluding hydrogens is 445 g/mol. The van der Waals surface area contributed by atoms with Crippen molar-refractivity contribution in [1.82, 2.24) is 0 Å². The smallest absolute Gasteiger partial charge is 0.259 e. The van der Waals surface area contributed by atoms with E-state index in [1.54, 1.807) is 0 Å². The first-order chi connectivity index (χ1) is 13.2. The minimum Gasteiger partial charge on any atom is -0.303 e. The third-order valence-corrected chi connectivity index (χ3v) is 6.10. The van der Waals surface area contributed by atoms with Gasteiger partial charge in [-0.1, -0.05) is 66.7 Å². The SMILES string of the molecule is O=C(c1ccccc1I)N1Cc2ccccc2-c2c1ccc1ccccc21. The highest BCUT2D eigenvalue weighted by Gasteiger charge is 2.29. The molecule has 0 saturated heterocycles. The predicted octanol–water partition coefficient (Wildman–Crippen LogP) is 6.27. The first-order valence-corrected chi connectivity index (χ1v) is 9.98. The number of fused-ring (bicyclic) bond motifs is 5. The lowest BCUT2D eigenvalue weighted by atomic mass is 9.89. The van der Waals surface area contributed by atoms with Gasteiger partial charge in [0.15, 0.2) is 0 Å². The molecule has 1 amide bonds. The molecule has 4 aromatic rings. The Morgan fingerprint density at radius 3 is 2.44 bits per heavy atom. The summed E-state index contributed by atoms with van der Waals surface area (Å²) < 4.78 is 0.973. The van der Waals surface area contributed by atoms with Crippen LogP contribution in [0.4, 0.5) is 5.69 Å². The number of amides is 1. The van der Waals surface area contributed by atoms with E-state index < -0.39 is 0 Å². The Balaban J connectivity index is 1.77. The molecule has 0 fully saturated rings. The van der Waals surface area contributed by atoms with Crippen molar-refractivity contribution >= 4 is 45.0 Å². The molecule has 5 rings (SSSR count). The van der Waals surface area contributed by atoms with Gasteiger partial charge in [-0.2, -0.15) is 0 Å². The van der Waals surface area contributed by atoms with E-state index in [1.807, 2.05) is 35.2 Å². The number of hydrogen-bond donors (Lipinski definition) is 0. The van der Waals surface area contributed by atoms with Gasteiger partial charge in [-0.25, -0.2) is 0 Å². The van der Waals surface area contributed by atoms with E-state index in [-0.39, 0.29) is 5.91 Å². The highest BCUT2D eigenvalue weighted by atomic mass is 127. The fourth-order valence-corrected chi connectivity index (χ4v) is 4.50. The zero-order chi connectivity index (χ0) is 18.4. The van der Waals surface area contributed by atoms with Crippen molar-refractivity contribution in [1.29, 1.82) is 0 Å². The van der Waals surface area contributed by atoms with Crippen molar-refractivity contribution in [3.05, 3.63) is 99.6 Å². The molecule has 0 bridgehead atoms. The van der Waals surface area contributed by atoms with E-state index in [0.29, 0.717) is 6.54 Å². The van der Waals surface area contributed by atoms with Crippen LogP contribution in [-0.4, -0.2) is 5.91 Å². The molecule has 0 spiro atoms. The lowest BCUT2D eigenvalue weighted by molar-refractivity contribution is 0.0984. The Morgan fingerprint density at radius 1 is 0.815 bits per heavy atom. The van der Waals surface area contributed by atoms with Crippen molar-refractivity contribution in [2.75, 3.05) is 4.90 Å². The molecule has 1 heterocycles. The van der Waals surface area contributed by atoms with Crippen LogP contribution in [0.5, 0.6) is 0 Å². The number of hydrogen-bond acceptors (Lipinski definition) is 1. The van der Waals surface area contributed by atoms with Crippen molar-refractivity contribution in [3.8, 4) is 11.1 Å². The zero-order valence-corrected chi connectivity index (χ0v) is 16.7. The van der Waals surface area contributed by atoms with Crippen molar-refractivity contribution in [3.63, 3.8) is 0 Å². The third kappa shape index (κ3) is 2.65. The number of carbonyl (C=O) groups excluding carboxylic acids is 1. The van der Waals surface area contributed by atoms with E-state index in [9.17, 15) is 4.79 Å². The van der Waals surface area contributed by atoms with Gasteiger partial charge < -0.3 is 4.90 Å². The van der Waals surface area contributed by atoms with Crippen LogP contribution in [0.1, 0.15) is 15.9 Å². The van der Waals surface area contributed by atoms with Gasteiger partial charge in [0.05, 0.1) is 17.8 Å². The second-order valence-electron chi connectivity index (χ2n) is 6.71. The summed E-state index contributed by atoms with van der Waals surface area (Å²) in [5.41, 5.74) is 5.28. The van der Waals surface area contributed by atoms with Gasteiger partial charge in [-0.3, -0.25) is 4.79 Å². The summed E-state index contributed by atoms with van der Waals surface area (Å²) in [5.74, 6) is 0.0473. The molecule has 0 saturated carbocycles.